The Labute approximate surface area is 90.0 Å². The van der Waals surface area contributed by atoms with Gasteiger partial charge in [0.25, 0.3) is 0 Å². The predicted molar refractivity (Wildman–Crippen MR) is 58.7 cm³/mol. The molecule has 0 aliphatic carbocycles. The molecule has 1 unspecified atom stereocenters. The molecule has 1 aromatic heterocycles. The van der Waals surface area contributed by atoms with Gasteiger partial charge in [0, 0.05) is 31.7 Å². The lowest BCUT2D eigenvalue weighted by Gasteiger charge is -2.14. The summed E-state index contributed by atoms with van der Waals surface area (Å²) in [4.78, 5) is 6.70. The molecule has 4 nitrogen and oxygen atoms in total. The van der Waals surface area contributed by atoms with Gasteiger partial charge in [-0.25, -0.2) is 4.98 Å². The van der Waals surface area contributed by atoms with Crippen molar-refractivity contribution in [2.24, 2.45) is 5.73 Å². The highest BCUT2D eigenvalue weighted by molar-refractivity contribution is 5.15. The summed E-state index contributed by atoms with van der Waals surface area (Å²) >= 11 is 0. The first kappa shape index (κ1) is 10.4. The Morgan fingerprint density at radius 2 is 2.47 bits per heavy atom. The summed E-state index contributed by atoms with van der Waals surface area (Å²) < 4.78 is 5.09. The maximum absolute atomic E-state index is 5.85. The number of nitrogens with zero attached hydrogens (tertiary/aromatic N) is 2. The molecule has 2 N–H and O–H groups in total. The number of hydrogen-bond acceptors (Lipinski definition) is 4. The second-order valence-electron chi connectivity index (χ2n) is 3.96. The van der Waals surface area contributed by atoms with Crippen molar-refractivity contribution >= 4 is 0 Å². The maximum atomic E-state index is 5.85. The monoisotopic (exact) mass is 207 g/mol. The second kappa shape index (κ2) is 4.59. The van der Waals surface area contributed by atoms with Crippen molar-refractivity contribution in [1.82, 2.24) is 9.88 Å². The van der Waals surface area contributed by atoms with E-state index < -0.39 is 0 Å². The molecule has 0 aromatic carbocycles. The molecule has 0 spiro atoms. The Bertz CT molecular complexity index is 329. The minimum absolute atomic E-state index is 0.329. The molecule has 1 aromatic rings. The summed E-state index contributed by atoms with van der Waals surface area (Å²) in [6.07, 6.45) is 1.09. The van der Waals surface area contributed by atoms with Gasteiger partial charge in [-0.1, -0.05) is 6.07 Å². The van der Waals surface area contributed by atoms with Crippen molar-refractivity contribution in [1.29, 1.82) is 0 Å². The highest BCUT2D eigenvalue weighted by atomic mass is 16.5. The van der Waals surface area contributed by atoms with Crippen molar-refractivity contribution in [3.8, 4) is 5.88 Å². The van der Waals surface area contributed by atoms with E-state index in [0.717, 1.165) is 31.7 Å². The second-order valence-corrected chi connectivity index (χ2v) is 3.96. The average molecular weight is 207 g/mol. The van der Waals surface area contributed by atoms with E-state index in [4.69, 9.17) is 10.5 Å². The Kier molecular flexibility index (Phi) is 3.18. The summed E-state index contributed by atoms with van der Waals surface area (Å²) in [7, 11) is 1.64. The van der Waals surface area contributed by atoms with Crippen LogP contribution >= 0.6 is 0 Å². The van der Waals surface area contributed by atoms with E-state index in [1.807, 2.05) is 18.2 Å². The van der Waals surface area contributed by atoms with Crippen LogP contribution in [-0.2, 0) is 6.54 Å². The molecule has 1 atom stereocenters. The van der Waals surface area contributed by atoms with Crippen LogP contribution in [0.5, 0.6) is 5.88 Å². The highest BCUT2D eigenvalue weighted by Crippen LogP contribution is 2.13. The van der Waals surface area contributed by atoms with E-state index in [2.05, 4.69) is 9.88 Å². The van der Waals surface area contributed by atoms with Crippen LogP contribution in [0.4, 0.5) is 0 Å². The first-order valence-corrected chi connectivity index (χ1v) is 5.26. The molecule has 2 heterocycles. The SMILES string of the molecule is COc1cccc(CN2CCC(N)C2)n1. The van der Waals surface area contributed by atoms with Crippen LogP contribution in [0.1, 0.15) is 12.1 Å². The summed E-state index contributed by atoms with van der Waals surface area (Å²) in [5.74, 6) is 0.677. The molecule has 15 heavy (non-hydrogen) atoms. The van der Waals surface area contributed by atoms with Crippen LogP contribution in [0.2, 0.25) is 0 Å². The topological polar surface area (TPSA) is 51.4 Å². The van der Waals surface area contributed by atoms with Crippen molar-refractivity contribution in [2.75, 3.05) is 20.2 Å². The molecule has 2 rings (SSSR count). The van der Waals surface area contributed by atoms with Crippen molar-refractivity contribution in [3.63, 3.8) is 0 Å². The van der Waals surface area contributed by atoms with Crippen LogP contribution in [0, 0.1) is 0 Å². The van der Waals surface area contributed by atoms with Gasteiger partial charge in [-0.2, -0.15) is 0 Å². The molecule has 0 radical (unpaired) electrons. The first-order chi connectivity index (χ1) is 7.28. The zero-order chi connectivity index (χ0) is 10.7. The van der Waals surface area contributed by atoms with Crippen LogP contribution in [0.3, 0.4) is 0 Å². The number of aromatic nitrogens is 1. The lowest BCUT2D eigenvalue weighted by molar-refractivity contribution is 0.319. The molecule has 1 aliphatic rings. The average Bonchev–Trinajstić information content (AvgIpc) is 2.64. The van der Waals surface area contributed by atoms with Crippen molar-refractivity contribution in [3.05, 3.63) is 23.9 Å². The normalized spacial score (nSPS) is 21.9. The minimum Gasteiger partial charge on any atom is -0.481 e. The van der Waals surface area contributed by atoms with Gasteiger partial charge in [-0.3, -0.25) is 4.90 Å². The molecule has 1 aliphatic heterocycles. The zero-order valence-electron chi connectivity index (χ0n) is 9.02. The summed E-state index contributed by atoms with van der Waals surface area (Å²) in [6.45, 7) is 2.91. The third-order valence-electron chi connectivity index (χ3n) is 2.68. The van der Waals surface area contributed by atoms with Gasteiger partial charge in [0.15, 0.2) is 0 Å². The van der Waals surface area contributed by atoms with Gasteiger partial charge >= 0.3 is 0 Å². The minimum atomic E-state index is 0.329. The third-order valence-corrected chi connectivity index (χ3v) is 2.68. The number of hydrogen-bond donors (Lipinski definition) is 1. The molecule has 82 valence electrons. The van der Waals surface area contributed by atoms with Gasteiger partial charge in [-0.15, -0.1) is 0 Å². The molecule has 0 bridgehead atoms. The molecule has 0 amide bonds. The van der Waals surface area contributed by atoms with Crippen LogP contribution in [0.15, 0.2) is 18.2 Å². The smallest absolute Gasteiger partial charge is 0.213 e. The van der Waals surface area contributed by atoms with E-state index in [0.29, 0.717) is 11.9 Å². The molecule has 0 saturated carbocycles. The molecular formula is C11H17N3O. The summed E-state index contributed by atoms with van der Waals surface area (Å²) in [5, 5.41) is 0. The molecule has 1 fully saturated rings. The van der Waals surface area contributed by atoms with Crippen LogP contribution in [0.25, 0.3) is 0 Å². The standard InChI is InChI=1S/C11H17N3O/c1-15-11-4-2-3-10(13-11)8-14-6-5-9(12)7-14/h2-4,9H,5-8,12H2,1H3. The highest BCUT2D eigenvalue weighted by Gasteiger charge is 2.19. The van der Waals surface area contributed by atoms with Gasteiger partial charge in [0.05, 0.1) is 12.8 Å². The van der Waals surface area contributed by atoms with E-state index in [1.165, 1.54) is 0 Å². The quantitative estimate of drug-likeness (QED) is 0.789. The van der Waals surface area contributed by atoms with Crippen molar-refractivity contribution < 1.29 is 4.74 Å². The molecule has 1 saturated heterocycles. The largest absolute Gasteiger partial charge is 0.481 e. The van der Waals surface area contributed by atoms with Crippen molar-refractivity contribution in [2.45, 2.75) is 19.0 Å². The Morgan fingerprint density at radius 3 is 3.13 bits per heavy atom. The lowest BCUT2D eigenvalue weighted by Crippen LogP contribution is -2.26. The van der Waals surface area contributed by atoms with E-state index in [9.17, 15) is 0 Å². The Hall–Kier alpha value is -1.13. The number of nitrogens with two attached hydrogens (primary N) is 1. The zero-order valence-corrected chi connectivity index (χ0v) is 9.02. The summed E-state index contributed by atoms with van der Waals surface area (Å²) in [6, 6.07) is 6.18. The third kappa shape index (κ3) is 2.67. The predicted octanol–water partition coefficient (Wildman–Crippen LogP) is 0.623. The van der Waals surface area contributed by atoms with Crippen LogP contribution < -0.4 is 10.5 Å². The van der Waals surface area contributed by atoms with Gasteiger partial charge in [-0.05, 0) is 12.5 Å². The molecule has 4 heteroatoms. The number of ether oxygens (including phenoxy) is 1. The van der Waals surface area contributed by atoms with E-state index in [1.54, 1.807) is 7.11 Å². The fraction of sp³-hybridized carbons (Fsp3) is 0.545. The first-order valence-electron chi connectivity index (χ1n) is 5.26. The molecular weight excluding hydrogens is 190 g/mol. The Morgan fingerprint density at radius 1 is 1.60 bits per heavy atom. The van der Waals surface area contributed by atoms with Gasteiger partial charge in [0.2, 0.25) is 5.88 Å². The van der Waals surface area contributed by atoms with Gasteiger partial charge < -0.3 is 10.5 Å². The Balaban J connectivity index is 1.98. The van der Waals surface area contributed by atoms with E-state index >= 15 is 0 Å². The summed E-state index contributed by atoms with van der Waals surface area (Å²) in [5.41, 5.74) is 6.89. The fourth-order valence-corrected chi connectivity index (χ4v) is 1.89. The van der Waals surface area contributed by atoms with Gasteiger partial charge in [0.1, 0.15) is 0 Å². The fourth-order valence-electron chi connectivity index (χ4n) is 1.89. The van der Waals surface area contributed by atoms with E-state index in [-0.39, 0.29) is 0 Å². The number of methoxy groups -OCH3 is 1. The number of likely N-dealkylation sites (tertiary alicyclic amines) is 1. The number of rotatable bonds is 3. The number of pyridine rings is 1. The van der Waals surface area contributed by atoms with Crippen LogP contribution in [-0.4, -0.2) is 36.1 Å². The maximum Gasteiger partial charge on any atom is 0.213 e. The lowest BCUT2D eigenvalue weighted by atomic mass is 10.3.